The van der Waals surface area contributed by atoms with Crippen molar-refractivity contribution in [1.29, 1.82) is 0 Å². The zero-order valence-corrected chi connectivity index (χ0v) is 8.41. The fraction of sp³-hybridized carbons (Fsp3) is 1.00. The van der Waals surface area contributed by atoms with Crippen LogP contribution in [-0.2, 0) is 4.74 Å². The van der Waals surface area contributed by atoms with Crippen molar-refractivity contribution in [2.75, 3.05) is 6.61 Å². The van der Waals surface area contributed by atoms with Crippen LogP contribution in [0.15, 0.2) is 0 Å². The normalized spacial score (nSPS) is 42.5. The SMILES string of the molecule is CC1CC(O)OCCC1C1CCC1. The number of aliphatic hydroxyl groups is 1. The fourth-order valence-corrected chi connectivity index (χ4v) is 2.75. The summed E-state index contributed by atoms with van der Waals surface area (Å²) in [5, 5.41) is 9.43. The Balaban J connectivity index is 1.92. The van der Waals surface area contributed by atoms with Crippen LogP contribution in [0.25, 0.3) is 0 Å². The Labute approximate surface area is 80.3 Å². The van der Waals surface area contributed by atoms with Crippen LogP contribution in [0.3, 0.4) is 0 Å². The van der Waals surface area contributed by atoms with Crippen molar-refractivity contribution in [2.24, 2.45) is 17.8 Å². The average molecular weight is 184 g/mol. The highest BCUT2D eigenvalue weighted by Crippen LogP contribution is 2.41. The first kappa shape index (κ1) is 9.47. The smallest absolute Gasteiger partial charge is 0.154 e. The van der Waals surface area contributed by atoms with Gasteiger partial charge in [-0.3, -0.25) is 0 Å². The molecule has 2 nitrogen and oxygen atoms in total. The first-order valence-corrected chi connectivity index (χ1v) is 5.57. The summed E-state index contributed by atoms with van der Waals surface area (Å²) in [5.74, 6) is 2.39. The minimum atomic E-state index is -0.500. The quantitative estimate of drug-likeness (QED) is 0.676. The highest BCUT2D eigenvalue weighted by atomic mass is 16.6. The molecule has 3 unspecified atom stereocenters. The van der Waals surface area contributed by atoms with Gasteiger partial charge in [0, 0.05) is 6.42 Å². The molecule has 13 heavy (non-hydrogen) atoms. The largest absolute Gasteiger partial charge is 0.368 e. The van der Waals surface area contributed by atoms with Crippen molar-refractivity contribution in [2.45, 2.75) is 45.3 Å². The lowest BCUT2D eigenvalue weighted by atomic mass is 9.69. The summed E-state index contributed by atoms with van der Waals surface area (Å²) >= 11 is 0. The third-order valence-corrected chi connectivity index (χ3v) is 3.82. The van der Waals surface area contributed by atoms with Gasteiger partial charge in [0.25, 0.3) is 0 Å². The average Bonchev–Trinajstić information content (AvgIpc) is 2.11. The van der Waals surface area contributed by atoms with E-state index in [0.29, 0.717) is 5.92 Å². The maximum absolute atomic E-state index is 9.43. The Morgan fingerprint density at radius 1 is 1.23 bits per heavy atom. The van der Waals surface area contributed by atoms with E-state index in [4.69, 9.17) is 4.74 Å². The lowest BCUT2D eigenvalue weighted by molar-refractivity contribution is -0.0993. The van der Waals surface area contributed by atoms with Gasteiger partial charge in [-0.25, -0.2) is 0 Å². The summed E-state index contributed by atoms with van der Waals surface area (Å²) < 4.78 is 5.28. The topological polar surface area (TPSA) is 29.5 Å². The molecule has 3 atom stereocenters. The number of ether oxygens (including phenoxy) is 1. The fourth-order valence-electron chi connectivity index (χ4n) is 2.75. The van der Waals surface area contributed by atoms with Crippen molar-refractivity contribution >= 4 is 0 Å². The summed E-state index contributed by atoms with van der Waals surface area (Å²) in [4.78, 5) is 0. The van der Waals surface area contributed by atoms with E-state index >= 15 is 0 Å². The molecule has 76 valence electrons. The molecule has 1 aliphatic heterocycles. The first-order valence-electron chi connectivity index (χ1n) is 5.57. The van der Waals surface area contributed by atoms with E-state index in [1.165, 1.54) is 19.3 Å². The highest BCUT2D eigenvalue weighted by molar-refractivity contribution is 4.82. The number of aliphatic hydroxyl groups excluding tert-OH is 1. The second-order valence-corrected chi connectivity index (χ2v) is 4.68. The Morgan fingerprint density at radius 2 is 2.00 bits per heavy atom. The van der Waals surface area contributed by atoms with Gasteiger partial charge in [-0.05, 0) is 24.2 Å². The maximum atomic E-state index is 9.43. The lowest BCUT2D eigenvalue weighted by Crippen LogP contribution is -2.27. The molecule has 1 aliphatic carbocycles. The highest BCUT2D eigenvalue weighted by Gasteiger charge is 2.33. The molecule has 0 aromatic rings. The van der Waals surface area contributed by atoms with Crippen molar-refractivity contribution < 1.29 is 9.84 Å². The Morgan fingerprint density at radius 3 is 2.62 bits per heavy atom. The molecular formula is C11H20O2. The van der Waals surface area contributed by atoms with Gasteiger partial charge in [-0.1, -0.05) is 26.2 Å². The van der Waals surface area contributed by atoms with Crippen LogP contribution in [0.2, 0.25) is 0 Å². The van der Waals surface area contributed by atoms with E-state index in [0.717, 1.165) is 31.3 Å². The second-order valence-electron chi connectivity index (χ2n) is 4.68. The Kier molecular flexibility index (Phi) is 2.89. The van der Waals surface area contributed by atoms with Crippen molar-refractivity contribution in [3.63, 3.8) is 0 Å². The molecule has 2 heteroatoms. The predicted octanol–water partition coefficient (Wildman–Crippen LogP) is 2.17. The molecule has 0 aromatic heterocycles. The van der Waals surface area contributed by atoms with Crippen molar-refractivity contribution in [3.8, 4) is 0 Å². The summed E-state index contributed by atoms with van der Waals surface area (Å²) in [6.45, 7) is 3.02. The van der Waals surface area contributed by atoms with Gasteiger partial charge in [-0.2, -0.15) is 0 Å². The molecule has 2 fully saturated rings. The molecule has 1 heterocycles. The van der Waals surface area contributed by atoms with Gasteiger partial charge >= 0.3 is 0 Å². The lowest BCUT2D eigenvalue weighted by Gasteiger charge is -2.36. The molecule has 2 rings (SSSR count). The molecule has 1 N–H and O–H groups in total. The molecule has 1 saturated heterocycles. The Bertz CT molecular complexity index is 165. The van der Waals surface area contributed by atoms with Crippen LogP contribution in [-0.4, -0.2) is 18.0 Å². The molecule has 1 saturated carbocycles. The van der Waals surface area contributed by atoms with E-state index < -0.39 is 6.29 Å². The monoisotopic (exact) mass is 184 g/mol. The molecule has 0 radical (unpaired) electrons. The molecule has 0 aromatic carbocycles. The standard InChI is InChI=1S/C11H20O2/c1-8-7-11(12)13-6-5-10(8)9-3-2-4-9/h8-12H,2-7H2,1H3. The summed E-state index contributed by atoms with van der Waals surface area (Å²) in [6.07, 6.45) is 5.72. The van der Waals surface area contributed by atoms with Crippen LogP contribution in [0.4, 0.5) is 0 Å². The number of hydrogen-bond acceptors (Lipinski definition) is 2. The summed E-state index contributed by atoms with van der Waals surface area (Å²) in [5.41, 5.74) is 0. The van der Waals surface area contributed by atoms with E-state index in [1.54, 1.807) is 0 Å². The first-order chi connectivity index (χ1) is 6.27. The van der Waals surface area contributed by atoms with E-state index in [1.807, 2.05) is 0 Å². The third kappa shape index (κ3) is 2.05. The van der Waals surface area contributed by atoms with Gasteiger partial charge < -0.3 is 9.84 Å². The zero-order chi connectivity index (χ0) is 9.26. The van der Waals surface area contributed by atoms with Crippen LogP contribution >= 0.6 is 0 Å². The van der Waals surface area contributed by atoms with Gasteiger partial charge in [0.15, 0.2) is 6.29 Å². The number of rotatable bonds is 1. The van der Waals surface area contributed by atoms with Crippen molar-refractivity contribution in [3.05, 3.63) is 0 Å². The molecule has 0 amide bonds. The zero-order valence-electron chi connectivity index (χ0n) is 8.41. The van der Waals surface area contributed by atoms with Crippen LogP contribution < -0.4 is 0 Å². The minimum absolute atomic E-state index is 0.500. The maximum Gasteiger partial charge on any atom is 0.154 e. The van der Waals surface area contributed by atoms with Gasteiger partial charge in [0.2, 0.25) is 0 Å². The summed E-state index contributed by atoms with van der Waals surface area (Å²) in [6, 6.07) is 0. The van der Waals surface area contributed by atoms with Crippen LogP contribution in [0.1, 0.15) is 39.0 Å². The van der Waals surface area contributed by atoms with Gasteiger partial charge in [0.1, 0.15) is 0 Å². The minimum Gasteiger partial charge on any atom is -0.368 e. The molecule has 2 aliphatic rings. The van der Waals surface area contributed by atoms with E-state index in [9.17, 15) is 5.11 Å². The van der Waals surface area contributed by atoms with E-state index in [-0.39, 0.29) is 0 Å². The van der Waals surface area contributed by atoms with Gasteiger partial charge in [0.05, 0.1) is 6.61 Å². The number of hydrogen-bond donors (Lipinski definition) is 1. The van der Waals surface area contributed by atoms with Crippen LogP contribution in [0, 0.1) is 17.8 Å². The molecular weight excluding hydrogens is 164 g/mol. The molecule has 0 spiro atoms. The van der Waals surface area contributed by atoms with E-state index in [2.05, 4.69) is 6.92 Å². The van der Waals surface area contributed by atoms with Gasteiger partial charge in [-0.15, -0.1) is 0 Å². The third-order valence-electron chi connectivity index (χ3n) is 3.82. The second kappa shape index (κ2) is 3.97. The predicted molar refractivity (Wildman–Crippen MR) is 51.2 cm³/mol. The van der Waals surface area contributed by atoms with Crippen molar-refractivity contribution in [1.82, 2.24) is 0 Å². The molecule has 0 bridgehead atoms. The summed E-state index contributed by atoms with van der Waals surface area (Å²) in [7, 11) is 0. The van der Waals surface area contributed by atoms with Crippen LogP contribution in [0.5, 0.6) is 0 Å². The Hall–Kier alpha value is -0.0800.